The second-order valence-electron chi connectivity index (χ2n) is 6.72. The van der Waals surface area contributed by atoms with Crippen LogP contribution in [0.25, 0.3) is 0 Å². The number of hydrogen-bond donors (Lipinski definition) is 1. The van der Waals surface area contributed by atoms with Gasteiger partial charge in [0.05, 0.1) is 12.2 Å². The van der Waals surface area contributed by atoms with Gasteiger partial charge in [0.1, 0.15) is 5.75 Å². The first-order chi connectivity index (χ1) is 13.4. The number of nitrogens with one attached hydrogen (secondary N) is 1. The molecule has 1 amide bonds. The van der Waals surface area contributed by atoms with Gasteiger partial charge in [-0.05, 0) is 50.6 Å². The number of carbonyl (C=O) groups is 1. The molecule has 1 atom stereocenters. The maximum atomic E-state index is 12.4. The van der Waals surface area contributed by atoms with Crippen molar-refractivity contribution in [2.24, 2.45) is 0 Å². The predicted octanol–water partition coefficient (Wildman–Crippen LogP) is 4.29. The van der Waals surface area contributed by atoms with Crippen LogP contribution in [0, 0.1) is 13.8 Å². The van der Waals surface area contributed by atoms with Gasteiger partial charge in [-0.3, -0.25) is 9.48 Å². The molecular weight excluding hydrogens is 374 g/mol. The van der Waals surface area contributed by atoms with E-state index in [4.69, 9.17) is 16.3 Å². The van der Waals surface area contributed by atoms with Crippen LogP contribution in [0.3, 0.4) is 0 Å². The van der Waals surface area contributed by atoms with E-state index in [1.54, 1.807) is 31.2 Å². The van der Waals surface area contributed by atoms with Gasteiger partial charge in [0.25, 0.3) is 5.91 Å². The molecule has 0 spiro atoms. The number of halogens is 1. The van der Waals surface area contributed by atoms with E-state index >= 15 is 0 Å². The molecule has 0 radical (unpaired) electrons. The summed E-state index contributed by atoms with van der Waals surface area (Å²) in [6, 6.07) is 17.1. The van der Waals surface area contributed by atoms with E-state index in [2.05, 4.69) is 22.5 Å². The number of amides is 1. The molecule has 0 fully saturated rings. The largest absolute Gasteiger partial charge is 0.481 e. The van der Waals surface area contributed by atoms with Crippen molar-refractivity contribution in [2.75, 3.05) is 0 Å². The Morgan fingerprint density at radius 1 is 1.14 bits per heavy atom. The fourth-order valence-corrected chi connectivity index (χ4v) is 3.12. The van der Waals surface area contributed by atoms with Crippen molar-refractivity contribution in [2.45, 2.75) is 40.0 Å². The smallest absolute Gasteiger partial charge is 0.261 e. The minimum absolute atomic E-state index is 0.176. The van der Waals surface area contributed by atoms with E-state index < -0.39 is 6.10 Å². The van der Waals surface area contributed by atoms with E-state index in [1.165, 1.54) is 5.56 Å². The molecule has 0 saturated heterocycles. The Morgan fingerprint density at radius 3 is 2.50 bits per heavy atom. The van der Waals surface area contributed by atoms with E-state index in [-0.39, 0.29) is 5.91 Å². The van der Waals surface area contributed by atoms with Gasteiger partial charge in [0.15, 0.2) is 6.10 Å². The number of ether oxygens (including phenoxy) is 1. The first kappa shape index (κ1) is 20.0. The fraction of sp³-hybridized carbons (Fsp3) is 0.273. The highest BCUT2D eigenvalue weighted by molar-refractivity contribution is 6.30. The first-order valence-electron chi connectivity index (χ1n) is 9.21. The topological polar surface area (TPSA) is 56.2 Å². The summed E-state index contributed by atoms with van der Waals surface area (Å²) < 4.78 is 7.64. The second-order valence-corrected chi connectivity index (χ2v) is 7.16. The molecule has 0 aliphatic carbocycles. The number of nitrogens with zero attached hydrogens (tertiary/aromatic N) is 2. The van der Waals surface area contributed by atoms with Crippen molar-refractivity contribution < 1.29 is 9.53 Å². The van der Waals surface area contributed by atoms with Crippen LogP contribution < -0.4 is 10.1 Å². The van der Waals surface area contributed by atoms with E-state index in [9.17, 15) is 4.79 Å². The van der Waals surface area contributed by atoms with Gasteiger partial charge < -0.3 is 10.1 Å². The first-order valence-corrected chi connectivity index (χ1v) is 9.58. The third-order valence-corrected chi connectivity index (χ3v) is 4.89. The number of hydrogen-bond acceptors (Lipinski definition) is 3. The number of rotatable bonds is 7. The SMILES string of the molecule is Cc1nn(Cc2ccccc2)c(C)c1CNC(=O)[C@@H](C)Oc1ccc(Cl)cc1. The number of benzene rings is 2. The van der Waals surface area contributed by atoms with Crippen LogP contribution in [0.5, 0.6) is 5.75 Å². The molecule has 3 rings (SSSR count). The number of aromatic nitrogens is 2. The van der Waals surface area contributed by atoms with Crippen molar-refractivity contribution in [3.8, 4) is 5.75 Å². The Kier molecular flexibility index (Phi) is 6.37. The highest BCUT2D eigenvalue weighted by Crippen LogP contribution is 2.17. The molecule has 2 aromatic carbocycles. The summed E-state index contributed by atoms with van der Waals surface area (Å²) >= 11 is 5.87. The summed E-state index contributed by atoms with van der Waals surface area (Å²) in [5.74, 6) is 0.430. The van der Waals surface area contributed by atoms with Gasteiger partial charge in [-0.2, -0.15) is 5.10 Å². The Morgan fingerprint density at radius 2 is 1.82 bits per heavy atom. The van der Waals surface area contributed by atoms with Crippen LogP contribution in [0.1, 0.15) is 29.4 Å². The standard InChI is InChI=1S/C22H24ClN3O2/c1-15-21(16(2)26(25-15)14-18-7-5-4-6-8-18)13-24-22(27)17(3)28-20-11-9-19(23)10-12-20/h4-12,17H,13-14H2,1-3H3,(H,24,27)/t17-/m1/s1. The molecule has 3 aromatic rings. The lowest BCUT2D eigenvalue weighted by Crippen LogP contribution is -2.36. The number of carbonyl (C=O) groups excluding carboxylic acids is 1. The normalized spacial score (nSPS) is 11.9. The van der Waals surface area contributed by atoms with Crippen molar-refractivity contribution in [3.63, 3.8) is 0 Å². The van der Waals surface area contributed by atoms with Gasteiger partial charge >= 0.3 is 0 Å². The van der Waals surface area contributed by atoms with Gasteiger partial charge in [0.2, 0.25) is 0 Å². The van der Waals surface area contributed by atoms with Crippen molar-refractivity contribution >= 4 is 17.5 Å². The van der Waals surface area contributed by atoms with Crippen LogP contribution in [-0.4, -0.2) is 21.8 Å². The maximum Gasteiger partial charge on any atom is 0.261 e. The molecule has 1 heterocycles. The highest BCUT2D eigenvalue weighted by Gasteiger charge is 2.17. The van der Waals surface area contributed by atoms with Crippen LogP contribution in [0.15, 0.2) is 54.6 Å². The molecule has 0 aliphatic heterocycles. The molecule has 146 valence electrons. The molecular formula is C22H24ClN3O2. The summed E-state index contributed by atoms with van der Waals surface area (Å²) in [7, 11) is 0. The highest BCUT2D eigenvalue weighted by atomic mass is 35.5. The van der Waals surface area contributed by atoms with Crippen molar-refractivity contribution in [1.29, 1.82) is 0 Å². The molecule has 0 bridgehead atoms. The lowest BCUT2D eigenvalue weighted by molar-refractivity contribution is -0.127. The van der Waals surface area contributed by atoms with Gasteiger partial charge in [-0.25, -0.2) is 0 Å². The van der Waals surface area contributed by atoms with Crippen LogP contribution in [0.2, 0.25) is 5.02 Å². The van der Waals surface area contributed by atoms with Gasteiger partial charge in [-0.1, -0.05) is 41.9 Å². The molecule has 1 aromatic heterocycles. The average molecular weight is 398 g/mol. The maximum absolute atomic E-state index is 12.4. The number of aryl methyl sites for hydroxylation is 1. The van der Waals surface area contributed by atoms with E-state index in [1.807, 2.05) is 36.7 Å². The summed E-state index contributed by atoms with van der Waals surface area (Å²) in [6.07, 6.45) is -0.610. The predicted molar refractivity (Wildman–Crippen MR) is 111 cm³/mol. The summed E-state index contributed by atoms with van der Waals surface area (Å²) in [4.78, 5) is 12.4. The lowest BCUT2D eigenvalue weighted by Gasteiger charge is -2.15. The monoisotopic (exact) mass is 397 g/mol. The van der Waals surface area contributed by atoms with Crippen molar-refractivity contribution in [3.05, 3.63) is 82.1 Å². The molecule has 1 N–H and O–H groups in total. The Hall–Kier alpha value is -2.79. The molecule has 6 heteroatoms. The zero-order valence-electron chi connectivity index (χ0n) is 16.3. The van der Waals surface area contributed by atoms with Crippen LogP contribution >= 0.6 is 11.6 Å². The molecule has 28 heavy (non-hydrogen) atoms. The quantitative estimate of drug-likeness (QED) is 0.647. The van der Waals surface area contributed by atoms with Crippen LogP contribution in [-0.2, 0) is 17.9 Å². The van der Waals surface area contributed by atoms with E-state index in [0.29, 0.717) is 23.9 Å². The van der Waals surface area contributed by atoms with E-state index in [0.717, 1.165) is 17.0 Å². The third kappa shape index (κ3) is 4.93. The minimum atomic E-state index is -0.610. The lowest BCUT2D eigenvalue weighted by atomic mass is 10.2. The zero-order valence-corrected chi connectivity index (χ0v) is 17.0. The van der Waals surface area contributed by atoms with Gasteiger partial charge in [0, 0.05) is 22.8 Å². The summed E-state index contributed by atoms with van der Waals surface area (Å²) in [5.41, 5.74) is 4.18. The van der Waals surface area contributed by atoms with Crippen LogP contribution in [0.4, 0.5) is 0 Å². The Bertz CT molecular complexity index is 936. The molecule has 5 nitrogen and oxygen atoms in total. The summed E-state index contributed by atoms with van der Waals surface area (Å²) in [5, 5.41) is 8.20. The summed E-state index contributed by atoms with van der Waals surface area (Å²) in [6.45, 7) is 6.83. The molecule has 0 unspecified atom stereocenters. The fourth-order valence-electron chi connectivity index (χ4n) is 2.99. The minimum Gasteiger partial charge on any atom is -0.481 e. The second kappa shape index (κ2) is 8.93. The zero-order chi connectivity index (χ0) is 20.1. The average Bonchev–Trinajstić information content (AvgIpc) is 2.95. The van der Waals surface area contributed by atoms with Gasteiger partial charge in [-0.15, -0.1) is 0 Å². The Balaban J connectivity index is 1.60. The van der Waals surface area contributed by atoms with Crippen molar-refractivity contribution in [1.82, 2.24) is 15.1 Å². The molecule has 0 saturated carbocycles. The Labute approximate surface area is 170 Å². The third-order valence-electron chi connectivity index (χ3n) is 4.64. The molecule has 0 aliphatic rings.